The number of nitrogens with one attached hydrogen (secondary N) is 2. The Kier molecular flexibility index (Phi) is 5.46. The van der Waals surface area contributed by atoms with Gasteiger partial charge in [0.25, 0.3) is 5.91 Å². The molecule has 132 valence electrons. The molecule has 0 fully saturated rings. The summed E-state index contributed by atoms with van der Waals surface area (Å²) in [6, 6.07) is 9.58. The van der Waals surface area contributed by atoms with E-state index >= 15 is 0 Å². The van der Waals surface area contributed by atoms with E-state index in [0.29, 0.717) is 16.8 Å². The summed E-state index contributed by atoms with van der Waals surface area (Å²) in [6.07, 6.45) is -4.43. The average Bonchev–Trinajstić information content (AvgIpc) is 2.53. The zero-order valence-electron chi connectivity index (χ0n) is 13.7. The van der Waals surface area contributed by atoms with Gasteiger partial charge in [-0.2, -0.15) is 13.2 Å². The van der Waals surface area contributed by atoms with E-state index in [-0.39, 0.29) is 12.5 Å². The van der Waals surface area contributed by atoms with E-state index in [1.807, 2.05) is 0 Å². The van der Waals surface area contributed by atoms with E-state index in [1.54, 1.807) is 19.1 Å². The molecule has 25 heavy (non-hydrogen) atoms. The maximum atomic E-state index is 12.7. The van der Waals surface area contributed by atoms with Gasteiger partial charge in [0.1, 0.15) is 0 Å². The van der Waals surface area contributed by atoms with E-state index in [2.05, 4.69) is 10.6 Å². The Labute approximate surface area is 143 Å². The molecule has 0 radical (unpaired) electrons. The fourth-order valence-electron chi connectivity index (χ4n) is 2.23. The predicted octanol–water partition coefficient (Wildman–Crippen LogP) is 3.90. The second kappa shape index (κ2) is 7.38. The Hall–Kier alpha value is -2.83. The fourth-order valence-corrected chi connectivity index (χ4v) is 2.23. The molecule has 0 spiro atoms. The molecule has 0 aliphatic rings. The number of halogens is 3. The van der Waals surface area contributed by atoms with Crippen LogP contribution < -0.4 is 10.6 Å². The topological polar surface area (TPSA) is 58.2 Å². The molecule has 0 bridgehead atoms. The van der Waals surface area contributed by atoms with Gasteiger partial charge < -0.3 is 10.6 Å². The average molecular weight is 350 g/mol. The van der Waals surface area contributed by atoms with Gasteiger partial charge in [-0.1, -0.05) is 18.2 Å². The smallest absolute Gasteiger partial charge is 0.348 e. The van der Waals surface area contributed by atoms with Crippen LogP contribution in [0.3, 0.4) is 0 Å². The summed E-state index contributed by atoms with van der Waals surface area (Å²) in [5.41, 5.74) is 1.20. The maximum absolute atomic E-state index is 12.7. The van der Waals surface area contributed by atoms with E-state index in [0.717, 1.165) is 17.7 Å². The van der Waals surface area contributed by atoms with Crippen LogP contribution in [0.15, 0.2) is 42.5 Å². The first-order valence-electron chi connectivity index (χ1n) is 7.49. The normalized spacial score (nSPS) is 11.1. The van der Waals surface area contributed by atoms with Gasteiger partial charge in [0.15, 0.2) is 0 Å². The summed E-state index contributed by atoms with van der Waals surface area (Å²) in [4.78, 5) is 23.4. The van der Waals surface area contributed by atoms with Crippen molar-refractivity contribution in [2.24, 2.45) is 0 Å². The Morgan fingerprint density at radius 3 is 2.44 bits per heavy atom. The van der Waals surface area contributed by atoms with Crippen molar-refractivity contribution in [3.63, 3.8) is 0 Å². The van der Waals surface area contributed by atoms with Crippen LogP contribution in [-0.4, -0.2) is 11.8 Å². The number of carbonyl (C=O) groups excluding carboxylic acids is 2. The molecule has 2 rings (SSSR count). The van der Waals surface area contributed by atoms with Gasteiger partial charge in [-0.25, -0.2) is 0 Å². The lowest BCUT2D eigenvalue weighted by atomic mass is 10.1. The Morgan fingerprint density at radius 2 is 1.80 bits per heavy atom. The first kappa shape index (κ1) is 18.5. The first-order valence-corrected chi connectivity index (χ1v) is 7.49. The third kappa shape index (κ3) is 5.07. The molecule has 0 aliphatic heterocycles. The lowest BCUT2D eigenvalue weighted by Gasteiger charge is -2.11. The fraction of sp³-hybridized carbons (Fsp3) is 0.222. The van der Waals surface area contributed by atoms with Crippen LogP contribution in [0, 0.1) is 6.92 Å². The van der Waals surface area contributed by atoms with Gasteiger partial charge in [-0.15, -0.1) is 0 Å². The Morgan fingerprint density at radius 1 is 1.08 bits per heavy atom. The lowest BCUT2D eigenvalue weighted by molar-refractivity contribution is -0.137. The van der Waals surface area contributed by atoms with E-state index in [9.17, 15) is 22.8 Å². The number of benzene rings is 2. The molecule has 0 aromatic heterocycles. The van der Waals surface area contributed by atoms with Crippen LogP contribution in [0.5, 0.6) is 0 Å². The summed E-state index contributed by atoms with van der Waals surface area (Å²) in [5.74, 6) is -0.700. The van der Waals surface area contributed by atoms with Crippen molar-refractivity contribution < 1.29 is 22.8 Å². The third-order valence-electron chi connectivity index (χ3n) is 3.52. The van der Waals surface area contributed by atoms with Gasteiger partial charge in [-0.3, -0.25) is 9.59 Å². The van der Waals surface area contributed by atoms with E-state index in [1.165, 1.54) is 25.1 Å². The van der Waals surface area contributed by atoms with Crippen molar-refractivity contribution in [1.29, 1.82) is 0 Å². The second-order valence-corrected chi connectivity index (χ2v) is 5.59. The maximum Gasteiger partial charge on any atom is 0.416 e. The molecule has 2 amide bonds. The molecular formula is C18H17F3N2O2. The molecule has 7 heteroatoms. The predicted molar refractivity (Wildman–Crippen MR) is 88.1 cm³/mol. The highest BCUT2D eigenvalue weighted by Gasteiger charge is 2.30. The van der Waals surface area contributed by atoms with Crippen molar-refractivity contribution in [1.82, 2.24) is 5.32 Å². The third-order valence-corrected chi connectivity index (χ3v) is 3.52. The quantitative estimate of drug-likeness (QED) is 0.879. The Bertz CT molecular complexity index is 801. The minimum Gasteiger partial charge on any atom is -0.348 e. The van der Waals surface area contributed by atoms with Crippen molar-refractivity contribution in [2.45, 2.75) is 26.6 Å². The van der Waals surface area contributed by atoms with Gasteiger partial charge in [0.2, 0.25) is 5.91 Å². The number of hydrogen-bond acceptors (Lipinski definition) is 2. The summed E-state index contributed by atoms with van der Waals surface area (Å²) >= 11 is 0. The van der Waals surface area contributed by atoms with E-state index < -0.39 is 17.6 Å². The van der Waals surface area contributed by atoms with Crippen LogP contribution >= 0.6 is 0 Å². The molecule has 0 aliphatic carbocycles. The SMILES string of the molecule is CC(=O)Nc1cc(C(=O)NCc2cccc(C(F)(F)F)c2)ccc1C. The van der Waals surface area contributed by atoms with Gasteiger partial charge >= 0.3 is 6.18 Å². The minimum absolute atomic E-state index is 0.0356. The number of hydrogen-bond donors (Lipinski definition) is 2. The molecule has 4 nitrogen and oxygen atoms in total. The largest absolute Gasteiger partial charge is 0.416 e. The standard InChI is InChI=1S/C18H17F3N2O2/c1-11-6-7-14(9-16(11)23-12(2)24)17(25)22-10-13-4-3-5-15(8-13)18(19,20)21/h3-9H,10H2,1-2H3,(H,22,25)(H,23,24). The zero-order chi connectivity index (χ0) is 18.6. The molecule has 2 N–H and O–H groups in total. The zero-order valence-corrected chi connectivity index (χ0v) is 13.7. The van der Waals surface area contributed by atoms with Gasteiger partial charge in [0, 0.05) is 24.7 Å². The van der Waals surface area contributed by atoms with Crippen molar-refractivity contribution in [3.8, 4) is 0 Å². The highest BCUT2D eigenvalue weighted by atomic mass is 19.4. The van der Waals surface area contributed by atoms with Gasteiger partial charge in [-0.05, 0) is 42.3 Å². The monoisotopic (exact) mass is 350 g/mol. The first-order chi connectivity index (χ1) is 11.7. The summed E-state index contributed by atoms with van der Waals surface area (Å²) in [6.45, 7) is 3.11. The highest BCUT2D eigenvalue weighted by molar-refractivity contribution is 5.97. The summed E-state index contributed by atoms with van der Waals surface area (Å²) < 4.78 is 38.1. The summed E-state index contributed by atoms with van der Waals surface area (Å²) in [7, 11) is 0. The molecule has 2 aromatic carbocycles. The van der Waals surface area contributed by atoms with Crippen LogP contribution in [0.1, 0.15) is 34.0 Å². The number of aryl methyl sites for hydroxylation is 1. The van der Waals surface area contributed by atoms with Gasteiger partial charge in [0.05, 0.1) is 5.56 Å². The molecule has 0 heterocycles. The second-order valence-electron chi connectivity index (χ2n) is 5.59. The van der Waals surface area contributed by atoms with Crippen LogP contribution in [-0.2, 0) is 17.5 Å². The van der Waals surface area contributed by atoms with Crippen molar-refractivity contribution in [2.75, 3.05) is 5.32 Å². The molecule has 0 saturated carbocycles. The van der Waals surface area contributed by atoms with Crippen molar-refractivity contribution >= 4 is 17.5 Å². The van der Waals surface area contributed by atoms with Crippen LogP contribution in [0.2, 0.25) is 0 Å². The number of anilines is 1. The lowest BCUT2D eigenvalue weighted by Crippen LogP contribution is -2.23. The number of amides is 2. The molecule has 0 unspecified atom stereocenters. The highest BCUT2D eigenvalue weighted by Crippen LogP contribution is 2.29. The summed E-state index contributed by atoms with van der Waals surface area (Å²) in [5, 5.41) is 5.20. The number of carbonyl (C=O) groups is 2. The Balaban J connectivity index is 2.09. The molecule has 0 atom stereocenters. The van der Waals surface area contributed by atoms with Crippen LogP contribution in [0.25, 0.3) is 0 Å². The van der Waals surface area contributed by atoms with E-state index in [4.69, 9.17) is 0 Å². The van der Waals surface area contributed by atoms with Crippen molar-refractivity contribution in [3.05, 3.63) is 64.7 Å². The number of alkyl halides is 3. The molecular weight excluding hydrogens is 333 g/mol. The minimum atomic E-state index is -4.43. The molecule has 2 aromatic rings. The molecule has 0 saturated heterocycles. The van der Waals surface area contributed by atoms with Crippen LogP contribution in [0.4, 0.5) is 18.9 Å². The number of rotatable bonds is 4.